The van der Waals surface area contributed by atoms with Crippen molar-refractivity contribution in [2.45, 2.75) is 44.6 Å². The molecule has 1 atom stereocenters. The van der Waals surface area contributed by atoms with Gasteiger partial charge < -0.3 is 5.32 Å². The monoisotopic (exact) mass is 166 g/mol. The molecule has 1 saturated carbocycles. The van der Waals surface area contributed by atoms with Gasteiger partial charge in [0.05, 0.1) is 12.9 Å². The molecule has 2 nitrogen and oxygen atoms in total. The van der Waals surface area contributed by atoms with Gasteiger partial charge in [-0.15, -0.1) is 0 Å². The van der Waals surface area contributed by atoms with E-state index < -0.39 is 0 Å². The van der Waals surface area contributed by atoms with Crippen molar-refractivity contribution in [2.75, 3.05) is 6.54 Å². The van der Waals surface area contributed by atoms with E-state index in [0.717, 1.165) is 12.5 Å². The van der Waals surface area contributed by atoms with Gasteiger partial charge in [-0.05, 0) is 18.8 Å². The highest BCUT2D eigenvalue weighted by Crippen LogP contribution is 2.26. The van der Waals surface area contributed by atoms with Crippen LogP contribution in [0.15, 0.2) is 4.99 Å². The van der Waals surface area contributed by atoms with Gasteiger partial charge in [0.2, 0.25) is 0 Å². The van der Waals surface area contributed by atoms with Gasteiger partial charge in [0.25, 0.3) is 0 Å². The maximum atomic E-state index is 4.23. The molecule has 12 heavy (non-hydrogen) atoms. The van der Waals surface area contributed by atoms with E-state index in [1.807, 2.05) is 6.34 Å². The summed E-state index contributed by atoms with van der Waals surface area (Å²) >= 11 is 0. The number of hydrogen-bond donors (Lipinski definition) is 1. The van der Waals surface area contributed by atoms with Gasteiger partial charge in [0.1, 0.15) is 0 Å². The molecule has 0 bridgehead atoms. The standard InChI is InChI=1S/C10H18N2/c1-2-4-6-9(5-3-1)10-7-11-8-12-10/h8-10H,1-7H2,(H,11,12). The Morgan fingerprint density at radius 1 is 1.08 bits per heavy atom. The quantitative estimate of drug-likeness (QED) is 0.592. The molecule has 0 aromatic heterocycles. The van der Waals surface area contributed by atoms with E-state index in [2.05, 4.69) is 10.3 Å². The second-order valence-corrected chi connectivity index (χ2v) is 4.02. The molecular formula is C10H18N2. The van der Waals surface area contributed by atoms with Gasteiger partial charge in [-0.25, -0.2) is 0 Å². The Balaban J connectivity index is 1.84. The van der Waals surface area contributed by atoms with Crippen LogP contribution < -0.4 is 5.32 Å². The molecule has 1 aliphatic heterocycles. The van der Waals surface area contributed by atoms with Crippen LogP contribution in [0, 0.1) is 5.92 Å². The number of nitrogens with one attached hydrogen (secondary N) is 1. The van der Waals surface area contributed by atoms with E-state index >= 15 is 0 Å². The van der Waals surface area contributed by atoms with E-state index in [0.29, 0.717) is 6.04 Å². The number of aliphatic imine (C=N–C) groups is 1. The Kier molecular flexibility index (Phi) is 2.64. The van der Waals surface area contributed by atoms with Crippen molar-refractivity contribution >= 4 is 6.34 Å². The summed E-state index contributed by atoms with van der Waals surface area (Å²) in [7, 11) is 0. The maximum Gasteiger partial charge on any atom is 0.0827 e. The van der Waals surface area contributed by atoms with Crippen molar-refractivity contribution in [3.63, 3.8) is 0 Å². The molecule has 2 aliphatic rings. The third-order valence-electron chi connectivity index (χ3n) is 3.15. The van der Waals surface area contributed by atoms with Crippen molar-refractivity contribution < 1.29 is 0 Å². The lowest BCUT2D eigenvalue weighted by Crippen LogP contribution is -2.33. The predicted octanol–water partition coefficient (Wildman–Crippen LogP) is 1.96. The third kappa shape index (κ3) is 1.79. The first-order valence-electron chi connectivity index (χ1n) is 5.21. The van der Waals surface area contributed by atoms with Crippen LogP contribution in [-0.4, -0.2) is 18.9 Å². The molecular weight excluding hydrogens is 148 g/mol. The molecule has 0 aromatic rings. The fourth-order valence-electron chi connectivity index (χ4n) is 2.37. The average Bonchev–Trinajstić information content (AvgIpc) is 2.48. The molecule has 0 saturated heterocycles. The van der Waals surface area contributed by atoms with E-state index in [1.165, 1.54) is 38.5 Å². The molecule has 0 spiro atoms. The summed E-state index contributed by atoms with van der Waals surface area (Å²) in [6, 6.07) is 0.670. The summed E-state index contributed by atoms with van der Waals surface area (Å²) in [5.74, 6) is 0.898. The predicted molar refractivity (Wildman–Crippen MR) is 51.5 cm³/mol. The summed E-state index contributed by atoms with van der Waals surface area (Å²) in [5, 5.41) is 3.36. The third-order valence-corrected chi connectivity index (χ3v) is 3.15. The Morgan fingerprint density at radius 3 is 2.42 bits per heavy atom. The minimum absolute atomic E-state index is 0.670. The molecule has 1 fully saturated rings. The zero-order chi connectivity index (χ0) is 8.23. The van der Waals surface area contributed by atoms with Gasteiger partial charge in [-0.2, -0.15) is 0 Å². The number of hydrogen-bond acceptors (Lipinski definition) is 2. The fourth-order valence-corrected chi connectivity index (χ4v) is 2.37. The van der Waals surface area contributed by atoms with Crippen LogP contribution in [0.3, 0.4) is 0 Å². The lowest BCUT2D eigenvalue weighted by Gasteiger charge is -2.20. The lowest BCUT2D eigenvalue weighted by molar-refractivity contribution is 0.369. The Bertz CT molecular complexity index is 149. The van der Waals surface area contributed by atoms with Crippen LogP contribution in [0.25, 0.3) is 0 Å². The minimum atomic E-state index is 0.670. The van der Waals surface area contributed by atoms with Gasteiger partial charge in [-0.3, -0.25) is 4.99 Å². The normalized spacial score (nSPS) is 31.5. The first-order chi connectivity index (χ1) is 5.97. The summed E-state index contributed by atoms with van der Waals surface area (Å²) in [6.07, 6.45) is 10.5. The van der Waals surface area contributed by atoms with E-state index in [1.54, 1.807) is 0 Å². The Labute approximate surface area is 74.5 Å². The van der Waals surface area contributed by atoms with E-state index in [-0.39, 0.29) is 0 Å². The van der Waals surface area contributed by atoms with Gasteiger partial charge in [0, 0.05) is 6.04 Å². The highest BCUT2D eigenvalue weighted by Gasteiger charge is 2.23. The minimum Gasteiger partial charge on any atom is -0.372 e. The SMILES string of the molecule is C1=NCC(C2CCCCCC2)N1. The first kappa shape index (κ1) is 8.09. The van der Waals surface area contributed by atoms with Crippen LogP contribution in [0.4, 0.5) is 0 Å². The van der Waals surface area contributed by atoms with Crippen molar-refractivity contribution in [3.8, 4) is 0 Å². The highest BCUT2D eigenvalue weighted by atomic mass is 15.1. The lowest BCUT2D eigenvalue weighted by atomic mass is 9.92. The average molecular weight is 166 g/mol. The van der Waals surface area contributed by atoms with Crippen LogP contribution >= 0.6 is 0 Å². The molecule has 1 N–H and O–H groups in total. The molecule has 68 valence electrons. The number of nitrogens with zero attached hydrogens (tertiary/aromatic N) is 1. The topological polar surface area (TPSA) is 24.4 Å². The van der Waals surface area contributed by atoms with E-state index in [4.69, 9.17) is 0 Å². The molecule has 0 aromatic carbocycles. The molecule has 1 unspecified atom stereocenters. The molecule has 0 amide bonds. The molecule has 0 radical (unpaired) electrons. The van der Waals surface area contributed by atoms with Crippen molar-refractivity contribution in [1.82, 2.24) is 5.32 Å². The summed E-state index contributed by atoms with van der Waals surface area (Å²) in [6.45, 7) is 1.02. The van der Waals surface area contributed by atoms with Crippen LogP contribution in [0.2, 0.25) is 0 Å². The van der Waals surface area contributed by atoms with Crippen molar-refractivity contribution in [1.29, 1.82) is 0 Å². The van der Waals surface area contributed by atoms with E-state index in [9.17, 15) is 0 Å². The maximum absolute atomic E-state index is 4.23. The van der Waals surface area contributed by atoms with Gasteiger partial charge in [0.15, 0.2) is 0 Å². The fraction of sp³-hybridized carbons (Fsp3) is 0.900. The zero-order valence-electron chi connectivity index (χ0n) is 7.63. The smallest absolute Gasteiger partial charge is 0.0827 e. The zero-order valence-corrected chi connectivity index (χ0v) is 7.63. The summed E-state index contributed by atoms with van der Waals surface area (Å²) < 4.78 is 0. The van der Waals surface area contributed by atoms with Crippen molar-refractivity contribution in [2.24, 2.45) is 10.9 Å². The van der Waals surface area contributed by atoms with Gasteiger partial charge >= 0.3 is 0 Å². The second-order valence-electron chi connectivity index (χ2n) is 4.02. The van der Waals surface area contributed by atoms with Crippen molar-refractivity contribution in [3.05, 3.63) is 0 Å². The van der Waals surface area contributed by atoms with Crippen LogP contribution in [0.1, 0.15) is 38.5 Å². The summed E-state index contributed by atoms with van der Waals surface area (Å²) in [5.41, 5.74) is 0. The Hall–Kier alpha value is -0.530. The highest BCUT2D eigenvalue weighted by molar-refractivity contribution is 5.57. The van der Waals surface area contributed by atoms with Crippen LogP contribution in [-0.2, 0) is 0 Å². The van der Waals surface area contributed by atoms with Crippen LogP contribution in [0.5, 0.6) is 0 Å². The molecule has 1 aliphatic carbocycles. The largest absolute Gasteiger partial charge is 0.372 e. The number of rotatable bonds is 1. The summed E-state index contributed by atoms with van der Waals surface area (Å²) in [4.78, 5) is 4.23. The first-order valence-corrected chi connectivity index (χ1v) is 5.21. The van der Waals surface area contributed by atoms with Gasteiger partial charge in [-0.1, -0.05) is 25.7 Å². The molecule has 2 heteroatoms. The molecule has 1 heterocycles. The Morgan fingerprint density at radius 2 is 1.83 bits per heavy atom. The second kappa shape index (κ2) is 3.92. The molecule has 2 rings (SSSR count).